The van der Waals surface area contributed by atoms with Crippen molar-refractivity contribution in [2.45, 2.75) is 13.3 Å². The standard InChI is InChI=1S/C31H55NO13/c1-2-44-31(33)7-8-34-9-10-35-11-12-36-13-14-37-15-16-38-17-18-39-19-20-40-21-22-41-23-24-42-25-26-43-27-28-45-30-6-4-3-5-29(30)32/h3-6H,2,7-28,32H2,1H3. The molecule has 0 bridgehead atoms. The molecule has 0 aliphatic rings. The van der Waals surface area contributed by atoms with Gasteiger partial charge in [0.05, 0.1) is 151 Å². The molecule has 0 heterocycles. The van der Waals surface area contributed by atoms with Crippen LogP contribution in [-0.4, -0.2) is 151 Å². The van der Waals surface area contributed by atoms with E-state index in [2.05, 4.69) is 0 Å². The van der Waals surface area contributed by atoms with Gasteiger partial charge in [0.15, 0.2) is 0 Å². The number of para-hydroxylation sites is 2. The number of anilines is 1. The van der Waals surface area contributed by atoms with Crippen LogP contribution in [0.3, 0.4) is 0 Å². The summed E-state index contributed by atoms with van der Waals surface area (Å²) in [5, 5.41) is 0. The molecule has 262 valence electrons. The van der Waals surface area contributed by atoms with Gasteiger partial charge in [0.1, 0.15) is 12.4 Å². The van der Waals surface area contributed by atoms with Gasteiger partial charge in [0.2, 0.25) is 0 Å². The number of hydrogen-bond donors (Lipinski definition) is 1. The summed E-state index contributed by atoms with van der Waals surface area (Å²) in [4.78, 5) is 11.1. The van der Waals surface area contributed by atoms with Crippen LogP contribution in [0.5, 0.6) is 5.75 Å². The van der Waals surface area contributed by atoms with Crippen LogP contribution in [0.4, 0.5) is 5.69 Å². The number of hydrogen-bond acceptors (Lipinski definition) is 14. The Kier molecular flexibility index (Phi) is 30.2. The zero-order valence-corrected chi connectivity index (χ0v) is 27.0. The van der Waals surface area contributed by atoms with Gasteiger partial charge in [-0.15, -0.1) is 0 Å². The van der Waals surface area contributed by atoms with E-state index >= 15 is 0 Å². The third-order valence-corrected chi connectivity index (χ3v) is 5.51. The number of esters is 1. The Morgan fingerprint density at radius 3 is 1.13 bits per heavy atom. The zero-order valence-electron chi connectivity index (χ0n) is 27.0. The minimum atomic E-state index is -0.252. The lowest BCUT2D eigenvalue weighted by molar-refractivity contribution is -0.144. The largest absolute Gasteiger partial charge is 0.489 e. The van der Waals surface area contributed by atoms with E-state index in [0.29, 0.717) is 157 Å². The third kappa shape index (κ3) is 29.1. The monoisotopic (exact) mass is 649 g/mol. The highest BCUT2D eigenvalue weighted by molar-refractivity contribution is 5.69. The topological polar surface area (TPSA) is 154 Å². The normalized spacial score (nSPS) is 11.2. The summed E-state index contributed by atoms with van der Waals surface area (Å²) in [6.07, 6.45) is 0.255. The predicted molar refractivity (Wildman–Crippen MR) is 166 cm³/mol. The van der Waals surface area contributed by atoms with E-state index in [4.69, 9.17) is 62.6 Å². The fourth-order valence-electron chi connectivity index (χ4n) is 3.29. The van der Waals surface area contributed by atoms with E-state index < -0.39 is 0 Å². The van der Waals surface area contributed by atoms with Gasteiger partial charge in [0, 0.05) is 0 Å². The SMILES string of the molecule is CCOC(=O)CCOCCOCCOCCOCCOCCOCCOCCOCCOCCOCCOc1ccccc1N. The summed E-state index contributed by atoms with van der Waals surface area (Å²) in [6.45, 7) is 12.1. The molecular formula is C31H55NO13. The number of benzene rings is 1. The summed E-state index contributed by atoms with van der Waals surface area (Å²) in [7, 11) is 0. The first-order valence-electron chi connectivity index (χ1n) is 15.6. The maximum atomic E-state index is 11.1. The molecule has 14 heteroatoms. The number of ether oxygens (including phenoxy) is 12. The molecule has 0 saturated carbocycles. The molecule has 14 nitrogen and oxygen atoms in total. The Labute approximate surface area is 267 Å². The number of nitrogens with two attached hydrogens (primary N) is 1. The first-order valence-corrected chi connectivity index (χ1v) is 15.6. The second-order valence-electron chi connectivity index (χ2n) is 9.07. The van der Waals surface area contributed by atoms with E-state index in [1.54, 1.807) is 13.0 Å². The lowest BCUT2D eigenvalue weighted by Crippen LogP contribution is -2.15. The van der Waals surface area contributed by atoms with Crippen LogP contribution in [-0.2, 0) is 56.9 Å². The number of carbonyl (C=O) groups is 1. The lowest BCUT2D eigenvalue weighted by Gasteiger charge is -2.09. The number of rotatable bonds is 35. The fourth-order valence-corrected chi connectivity index (χ4v) is 3.29. The average molecular weight is 650 g/mol. The highest BCUT2D eigenvalue weighted by Gasteiger charge is 2.01. The molecule has 0 aliphatic heterocycles. The maximum Gasteiger partial charge on any atom is 0.308 e. The Hall–Kier alpha value is -2.11. The van der Waals surface area contributed by atoms with Crippen molar-refractivity contribution in [3.63, 3.8) is 0 Å². The van der Waals surface area contributed by atoms with Crippen molar-refractivity contribution in [2.75, 3.05) is 151 Å². The Morgan fingerprint density at radius 2 is 0.800 bits per heavy atom. The molecule has 0 spiro atoms. The van der Waals surface area contributed by atoms with Crippen molar-refractivity contribution in [3.05, 3.63) is 24.3 Å². The van der Waals surface area contributed by atoms with E-state index in [1.807, 2.05) is 18.2 Å². The molecule has 0 aromatic heterocycles. The van der Waals surface area contributed by atoms with Gasteiger partial charge >= 0.3 is 5.97 Å². The molecular weight excluding hydrogens is 594 g/mol. The minimum Gasteiger partial charge on any atom is -0.489 e. The zero-order chi connectivity index (χ0) is 32.3. The maximum absolute atomic E-state index is 11.1. The van der Waals surface area contributed by atoms with Crippen LogP contribution in [0.1, 0.15) is 13.3 Å². The van der Waals surface area contributed by atoms with Gasteiger partial charge in [-0.3, -0.25) is 4.79 Å². The Bertz CT molecular complexity index is 775. The first-order chi connectivity index (χ1) is 22.2. The van der Waals surface area contributed by atoms with Crippen LogP contribution >= 0.6 is 0 Å². The van der Waals surface area contributed by atoms with Crippen LogP contribution in [0.25, 0.3) is 0 Å². The lowest BCUT2D eigenvalue weighted by atomic mass is 10.3. The van der Waals surface area contributed by atoms with Crippen molar-refractivity contribution in [2.24, 2.45) is 0 Å². The van der Waals surface area contributed by atoms with Gasteiger partial charge < -0.3 is 62.6 Å². The number of nitrogen functional groups attached to an aromatic ring is 1. The highest BCUT2D eigenvalue weighted by atomic mass is 16.6. The van der Waals surface area contributed by atoms with Crippen molar-refractivity contribution in [3.8, 4) is 5.75 Å². The van der Waals surface area contributed by atoms with Crippen molar-refractivity contribution < 1.29 is 61.6 Å². The highest BCUT2D eigenvalue weighted by Crippen LogP contribution is 2.19. The molecule has 0 amide bonds. The molecule has 0 radical (unpaired) electrons. The van der Waals surface area contributed by atoms with Gasteiger partial charge in [0.25, 0.3) is 0 Å². The third-order valence-electron chi connectivity index (χ3n) is 5.51. The van der Waals surface area contributed by atoms with Crippen LogP contribution in [0.2, 0.25) is 0 Å². The van der Waals surface area contributed by atoms with Gasteiger partial charge in [-0.25, -0.2) is 0 Å². The van der Waals surface area contributed by atoms with Gasteiger partial charge in [-0.2, -0.15) is 0 Å². The summed E-state index contributed by atoms with van der Waals surface area (Å²) in [6, 6.07) is 7.37. The molecule has 0 unspecified atom stereocenters. The van der Waals surface area contributed by atoms with Crippen LogP contribution in [0, 0.1) is 0 Å². The van der Waals surface area contributed by atoms with Crippen LogP contribution in [0.15, 0.2) is 24.3 Å². The Morgan fingerprint density at radius 1 is 0.489 bits per heavy atom. The second kappa shape index (κ2) is 33.3. The molecule has 1 aromatic rings. The van der Waals surface area contributed by atoms with E-state index in [0.717, 1.165) is 0 Å². The van der Waals surface area contributed by atoms with Crippen molar-refractivity contribution >= 4 is 11.7 Å². The molecule has 0 saturated heterocycles. The predicted octanol–water partition coefficient (Wildman–Crippen LogP) is 1.77. The Balaban J connectivity index is 1.64. The summed E-state index contributed by atoms with van der Waals surface area (Å²) in [5.74, 6) is 0.413. The minimum absolute atomic E-state index is 0.252. The van der Waals surface area contributed by atoms with E-state index in [1.165, 1.54) is 0 Å². The second-order valence-corrected chi connectivity index (χ2v) is 9.07. The fraction of sp³-hybridized carbons (Fsp3) is 0.774. The molecule has 1 aromatic carbocycles. The first kappa shape index (κ1) is 40.9. The molecule has 0 fully saturated rings. The van der Waals surface area contributed by atoms with Crippen molar-refractivity contribution in [1.82, 2.24) is 0 Å². The summed E-state index contributed by atoms with van der Waals surface area (Å²) >= 11 is 0. The average Bonchev–Trinajstić information content (AvgIpc) is 3.04. The summed E-state index contributed by atoms with van der Waals surface area (Å²) < 4.78 is 64.7. The smallest absolute Gasteiger partial charge is 0.308 e. The van der Waals surface area contributed by atoms with E-state index in [-0.39, 0.29) is 12.4 Å². The van der Waals surface area contributed by atoms with Gasteiger partial charge in [-0.05, 0) is 19.1 Å². The quantitative estimate of drug-likeness (QED) is 0.0645. The molecule has 0 atom stereocenters. The van der Waals surface area contributed by atoms with Crippen LogP contribution < -0.4 is 10.5 Å². The molecule has 2 N–H and O–H groups in total. The summed E-state index contributed by atoms with van der Waals surface area (Å²) in [5.41, 5.74) is 6.43. The van der Waals surface area contributed by atoms with E-state index in [9.17, 15) is 4.79 Å². The number of carbonyl (C=O) groups excluding carboxylic acids is 1. The van der Waals surface area contributed by atoms with Gasteiger partial charge in [-0.1, -0.05) is 12.1 Å². The molecule has 45 heavy (non-hydrogen) atoms. The molecule has 0 aliphatic carbocycles. The molecule has 1 rings (SSSR count). The van der Waals surface area contributed by atoms with Crippen molar-refractivity contribution in [1.29, 1.82) is 0 Å².